The number of halogens is 4. The molecule has 3 heterocycles. The van der Waals surface area contributed by atoms with Gasteiger partial charge in [-0.2, -0.15) is 13.2 Å². The fourth-order valence-corrected chi connectivity index (χ4v) is 7.86. The minimum absolute atomic E-state index is 0.0772. The van der Waals surface area contributed by atoms with Crippen LogP contribution < -0.4 is 15.4 Å². The number of piperidine rings is 1. The Morgan fingerprint density at radius 3 is 2.18 bits per heavy atom. The Morgan fingerprint density at radius 2 is 1.48 bits per heavy atom. The first-order chi connectivity index (χ1) is 29.9. The van der Waals surface area contributed by atoms with Crippen molar-refractivity contribution >= 4 is 40.6 Å². The van der Waals surface area contributed by atoms with Crippen LogP contribution in [0.15, 0.2) is 72.9 Å². The van der Waals surface area contributed by atoms with Gasteiger partial charge in [0.2, 0.25) is 11.9 Å². The smallest absolute Gasteiger partial charge is 0.416 e. The number of fused-ring (bicyclic) bond motifs is 2. The van der Waals surface area contributed by atoms with Crippen LogP contribution in [-0.2, 0) is 29.9 Å². The monoisotopic (exact) mass is 865 g/mol. The van der Waals surface area contributed by atoms with E-state index in [-0.39, 0.29) is 41.9 Å². The molecule has 14 nitrogen and oxygen atoms in total. The van der Waals surface area contributed by atoms with Gasteiger partial charge in [-0.1, -0.05) is 12.6 Å². The zero-order valence-corrected chi connectivity index (χ0v) is 33.8. The van der Waals surface area contributed by atoms with E-state index >= 15 is 0 Å². The van der Waals surface area contributed by atoms with E-state index < -0.39 is 47.2 Å². The number of nitrogens with one attached hydrogen (secondary N) is 2. The summed E-state index contributed by atoms with van der Waals surface area (Å²) in [5.74, 6) is -1.86. The predicted octanol–water partition coefficient (Wildman–Crippen LogP) is 6.71. The summed E-state index contributed by atoms with van der Waals surface area (Å²) < 4.78 is 84.1. The number of anilines is 1. The van der Waals surface area contributed by atoms with Gasteiger partial charge < -0.3 is 33.6 Å². The SMILES string of the molecule is C=C1CCC(N2C(=O)c3ccc(OCCOCCOCCOCCOCC4CCC(n5c(NC(=O)c6cccc(C(F)(F)F)c6)nc6cc(F)ccc65)CC4)cc3C2=O)C(=O)N1. The summed E-state index contributed by atoms with van der Waals surface area (Å²) in [6.07, 6.45) is -0.683. The Balaban J connectivity index is 0.738. The quantitative estimate of drug-likeness (QED) is 0.0590. The van der Waals surface area contributed by atoms with Crippen molar-refractivity contribution in [3.05, 3.63) is 101 Å². The summed E-state index contributed by atoms with van der Waals surface area (Å²) >= 11 is 0. The lowest BCUT2D eigenvalue weighted by Crippen LogP contribution is -2.51. The number of rotatable bonds is 19. The normalized spacial score (nSPS) is 19.2. The molecule has 0 spiro atoms. The lowest BCUT2D eigenvalue weighted by molar-refractivity contribution is -0.137. The number of ether oxygens (including phenoxy) is 5. The fraction of sp³-hybridized carbons (Fsp3) is 0.432. The van der Waals surface area contributed by atoms with E-state index in [1.54, 1.807) is 12.1 Å². The van der Waals surface area contributed by atoms with Gasteiger partial charge in [-0.25, -0.2) is 9.37 Å². The summed E-state index contributed by atoms with van der Waals surface area (Å²) in [5, 5.41) is 5.28. The maximum Gasteiger partial charge on any atom is 0.416 e. The standard InChI is InChI=1S/C44H47F4N5O9/c1-27-5-13-38(40(55)49-27)53-41(56)34-12-11-33(25-35(34)42(53)57)62-22-21-60-18-17-58-15-16-59-19-20-61-26-28-6-9-32(10-7-28)52-37-14-8-31(45)24-36(37)50-43(52)51-39(54)29-3-2-4-30(23-29)44(46,47)48/h2-4,8,11-12,14,23-25,28,32,38H,1,5-7,9-10,13,15-22,26H2,(H,49,55)(H,50,51,54). The topological polar surface area (TPSA) is 160 Å². The minimum atomic E-state index is -4.60. The molecule has 330 valence electrons. The van der Waals surface area contributed by atoms with Gasteiger partial charge >= 0.3 is 6.18 Å². The first kappa shape index (κ1) is 44.4. The Kier molecular flexibility index (Phi) is 14.3. The van der Waals surface area contributed by atoms with Crippen molar-refractivity contribution in [2.75, 3.05) is 64.8 Å². The van der Waals surface area contributed by atoms with Crippen LogP contribution in [0, 0.1) is 11.7 Å². The maximum absolute atomic E-state index is 14.1. The average molecular weight is 866 g/mol. The molecular formula is C44H47F4N5O9. The number of carbonyl (C=O) groups is 4. The number of aromatic nitrogens is 2. The second kappa shape index (κ2) is 20.0. The number of allylic oxidation sites excluding steroid dienone is 1. The molecule has 1 atom stereocenters. The van der Waals surface area contributed by atoms with Crippen LogP contribution in [0.2, 0.25) is 0 Å². The van der Waals surface area contributed by atoms with Crippen LogP contribution in [0.25, 0.3) is 11.0 Å². The number of imide groups is 1. The molecular weight excluding hydrogens is 819 g/mol. The van der Waals surface area contributed by atoms with E-state index in [0.29, 0.717) is 87.5 Å². The molecule has 2 N–H and O–H groups in total. The van der Waals surface area contributed by atoms with Crippen LogP contribution in [0.1, 0.15) is 81.2 Å². The third-order valence-electron chi connectivity index (χ3n) is 11.0. The highest BCUT2D eigenvalue weighted by Gasteiger charge is 2.44. The van der Waals surface area contributed by atoms with Gasteiger partial charge in [0.1, 0.15) is 24.2 Å². The number of hydrogen-bond donors (Lipinski definition) is 2. The van der Waals surface area contributed by atoms with Crippen molar-refractivity contribution in [2.24, 2.45) is 5.92 Å². The molecule has 18 heteroatoms. The van der Waals surface area contributed by atoms with E-state index in [1.807, 2.05) is 4.57 Å². The van der Waals surface area contributed by atoms with Crippen molar-refractivity contribution in [1.29, 1.82) is 0 Å². The van der Waals surface area contributed by atoms with Gasteiger partial charge in [0, 0.05) is 30.0 Å². The molecule has 1 saturated carbocycles. The first-order valence-electron chi connectivity index (χ1n) is 20.5. The Morgan fingerprint density at radius 1 is 0.806 bits per heavy atom. The summed E-state index contributed by atoms with van der Waals surface area (Å²) in [7, 11) is 0. The molecule has 7 rings (SSSR count). The highest BCUT2D eigenvalue weighted by molar-refractivity contribution is 6.23. The predicted molar refractivity (Wildman–Crippen MR) is 216 cm³/mol. The average Bonchev–Trinajstić information content (AvgIpc) is 3.72. The van der Waals surface area contributed by atoms with E-state index in [0.717, 1.165) is 42.7 Å². The van der Waals surface area contributed by atoms with Crippen molar-refractivity contribution in [1.82, 2.24) is 19.8 Å². The zero-order valence-electron chi connectivity index (χ0n) is 33.8. The van der Waals surface area contributed by atoms with Crippen molar-refractivity contribution < 1.29 is 60.4 Å². The summed E-state index contributed by atoms with van der Waals surface area (Å²) in [5.41, 5.74) is 0.826. The Labute approximate surface area is 354 Å². The van der Waals surface area contributed by atoms with Gasteiger partial charge in [0.25, 0.3) is 17.7 Å². The van der Waals surface area contributed by atoms with Gasteiger partial charge in [-0.15, -0.1) is 0 Å². The van der Waals surface area contributed by atoms with Crippen LogP contribution in [0.4, 0.5) is 23.5 Å². The molecule has 1 unspecified atom stereocenters. The molecule has 2 fully saturated rings. The number of nitrogens with zero attached hydrogens (tertiary/aromatic N) is 3. The molecule has 0 radical (unpaired) electrons. The molecule has 3 aromatic carbocycles. The molecule has 4 amide bonds. The van der Waals surface area contributed by atoms with E-state index in [9.17, 15) is 36.7 Å². The number of carbonyl (C=O) groups excluding carboxylic acids is 4. The Bertz CT molecular complexity index is 2290. The highest BCUT2D eigenvalue weighted by Crippen LogP contribution is 2.38. The van der Waals surface area contributed by atoms with Gasteiger partial charge in [-0.3, -0.25) is 29.4 Å². The summed E-state index contributed by atoms with van der Waals surface area (Å²) in [6, 6.07) is 12.0. The molecule has 3 aliphatic rings. The molecule has 0 bridgehead atoms. The Hall–Kier alpha value is -5.69. The van der Waals surface area contributed by atoms with Crippen molar-refractivity contribution in [3.8, 4) is 5.75 Å². The molecule has 1 saturated heterocycles. The third kappa shape index (κ3) is 10.7. The largest absolute Gasteiger partial charge is 0.491 e. The third-order valence-corrected chi connectivity index (χ3v) is 11.0. The fourth-order valence-electron chi connectivity index (χ4n) is 7.86. The van der Waals surface area contributed by atoms with Crippen LogP contribution in [0.3, 0.4) is 0 Å². The number of hydrogen-bond acceptors (Lipinski definition) is 10. The highest BCUT2D eigenvalue weighted by atomic mass is 19.4. The summed E-state index contributed by atoms with van der Waals surface area (Å²) in [6.45, 7) is 7.01. The van der Waals surface area contributed by atoms with Crippen LogP contribution in [0.5, 0.6) is 5.75 Å². The molecule has 62 heavy (non-hydrogen) atoms. The summed E-state index contributed by atoms with van der Waals surface area (Å²) in [4.78, 5) is 56.9. The first-order valence-corrected chi connectivity index (χ1v) is 20.5. The minimum Gasteiger partial charge on any atom is -0.491 e. The van der Waals surface area contributed by atoms with E-state index in [4.69, 9.17) is 23.7 Å². The number of alkyl halides is 3. The van der Waals surface area contributed by atoms with Gasteiger partial charge in [0.15, 0.2) is 0 Å². The van der Waals surface area contributed by atoms with Crippen LogP contribution >= 0.6 is 0 Å². The molecule has 4 aromatic rings. The molecule has 1 aliphatic carbocycles. The maximum atomic E-state index is 14.1. The number of benzene rings is 3. The van der Waals surface area contributed by atoms with Crippen molar-refractivity contribution in [3.63, 3.8) is 0 Å². The van der Waals surface area contributed by atoms with E-state index in [2.05, 4.69) is 22.2 Å². The lowest BCUT2D eigenvalue weighted by atomic mass is 9.86. The lowest BCUT2D eigenvalue weighted by Gasteiger charge is -2.30. The molecule has 1 aromatic heterocycles. The second-order valence-electron chi connectivity index (χ2n) is 15.2. The zero-order chi connectivity index (χ0) is 43.8. The van der Waals surface area contributed by atoms with Crippen LogP contribution in [-0.4, -0.2) is 104 Å². The van der Waals surface area contributed by atoms with Gasteiger partial charge in [0.05, 0.1) is 74.0 Å². The van der Waals surface area contributed by atoms with Crippen molar-refractivity contribution in [2.45, 2.75) is 56.8 Å². The second-order valence-corrected chi connectivity index (χ2v) is 15.2. The number of amides is 4. The van der Waals surface area contributed by atoms with E-state index in [1.165, 1.54) is 36.4 Å². The van der Waals surface area contributed by atoms with Gasteiger partial charge in [-0.05, 0) is 93.0 Å². The number of imidazole rings is 1. The molecule has 2 aliphatic heterocycles.